The molecule has 0 aromatic carbocycles. The second-order valence-electron chi connectivity index (χ2n) is 6.99. The van der Waals surface area contributed by atoms with Crippen LogP contribution >= 0.6 is 0 Å². The number of hydrogen-bond donors (Lipinski definition) is 1. The molecule has 4 heterocycles. The summed E-state index contributed by atoms with van der Waals surface area (Å²) in [5.74, 6) is 0.393. The summed E-state index contributed by atoms with van der Waals surface area (Å²) in [7, 11) is 0. The minimum atomic E-state index is -0.0685. The zero-order valence-corrected chi connectivity index (χ0v) is 14.5. The molecule has 3 aromatic heterocycles. The fourth-order valence-electron chi connectivity index (χ4n) is 3.98. The van der Waals surface area contributed by atoms with Gasteiger partial charge in [0.1, 0.15) is 12.1 Å². The molecule has 1 aliphatic rings. The lowest BCUT2D eigenvalue weighted by Crippen LogP contribution is -2.43. The van der Waals surface area contributed by atoms with Crippen molar-refractivity contribution in [2.45, 2.75) is 32.7 Å². The average Bonchev–Trinajstić information content (AvgIpc) is 3.20. The Morgan fingerprint density at radius 2 is 2.32 bits per heavy atom. The molecule has 4 rings (SSSR count). The van der Waals surface area contributed by atoms with Crippen molar-refractivity contribution in [1.82, 2.24) is 19.4 Å². The fraction of sp³-hybridized carbons (Fsp3) is 0.421. The predicted molar refractivity (Wildman–Crippen MR) is 96.0 cm³/mol. The lowest BCUT2D eigenvalue weighted by Gasteiger charge is -2.38. The van der Waals surface area contributed by atoms with E-state index in [9.17, 15) is 4.79 Å². The number of carbonyl (C=O) groups excluding carboxylic acids is 1. The van der Waals surface area contributed by atoms with Crippen LogP contribution in [0.5, 0.6) is 0 Å². The molecule has 1 fully saturated rings. The number of H-pyrrole nitrogens is 1. The molecule has 6 nitrogen and oxygen atoms in total. The van der Waals surface area contributed by atoms with Gasteiger partial charge in [0.15, 0.2) is 0 Å². The SMILES string of the molecule is Cc1cn([C@H]2CN(C(=O)CC#N)CC[C@H]2C)c2c1cnc1[nH]ccc12. The number of fused-ring (bicyclic) bond motifs is 3. The van der Waals surface area contributed by atoms with Crippen molar-refractivity contribution in [3.8, 4) is 6.07 Å². The van der Waals surface area contributed by atoms with Crippen molar-refractivity contribution < 1.29 is 4.79 Å². The van der Waals surface area contributed by atoms with Crippen LogP contribution in [0.25, 0.3) is 21.9 Å². The third-order valence-corrected chi connectivity index (χ3v) is 5.43. The fourth-order valence-corrected chi connectivity index (χ4v) is 3.98. The standard InChI is InChI=1S/C19H21N5O/c1-12-5-8-23(17(25)3-6-20)11-16(12)24-10-13(2)15-9-22-19-14(18(15)24)4-7-21-19/h4,7,9-10,12,16H,3,5,8,11H2,1-2H3,(H,21,22)/t12-,16+/m1/s1. The topological polar surface area (TPSA) is 77.7 Å². The summed E-state index contributed by atoms with van der Waals surface area (Å²) in [6.45, 7) is 5.73. The number of aromatic amines is 1. The van der Waals surface area contributed by atoms with Gasteiger partial charge in [0.2, 0.25) is 5.91 Å². The first kappa shape index (κ1) is 15.7. The molecular weight excluding hydrogens is 314 g/mol. The van der Waals surface area contributed by atoms with E-state index in [4.69, 9.17) is 5.26 Å². The van der Waals surface area contributed by atoms with Crippen LogP contribution in [0.3, 0.4) is 0 Å². The third-order valence-electron chi connectivity index (χ3n) is 5.43. The zero-order valence-electron chi connectivity index (χ0n) is 14.5. The van der Waals surface area contributed by atoms with E-state index in [-0.39, 0.29) is 18.4 Å². The van der Waals surface area contributed by atoms with Crippen LogP contribution in [0.15, 0.2) is 24.7 Å². The number of nitriles is 1. The molecule has 0 unspecified atom stereocenters. The van der Waals surface area contributed by atoms with E-state index >= 15 is 0 Å². The maximum Gasteiger partial charge on any atom is 0.236 e. The molecule has 0 radical (unpaired) electrons. The summed E-state index contributed by atoms with van der Waals surface area (Å²) in [5.41, 5.74) is 3.25. The molecule has 128 valence electrons. The van der Waals surface area contributed by atoms with Crippen LogP contribution in [-0.4, -0.2) is 38.4 Å². The number of hydrogen-bond acceptors (Lipinski definition) is 3. The van der Waals surface area contributed by atoms with Crippen molar-refractivity contribution >= 4 is 27.8 Å². The maximum atomic E-state index is 12.2. The first-order chi connectivity index (χ1) is 12.1. The molecule has 0 aliphatic carbocycles. The molecule has 0 bridgehead atoms. The molecule has 25 heavy (non-hydrogen) atoms. The minimum Gasteiger partial charge on any atom is -0.346 e. The Kier molecular flexibility index (Phi) is 3.72. The van der Waals surface area contributed by atoms with Crippen molar-refractivity contribution in [2.75, 3.05) is 13.1 Å². The lowest BCUT2D eigenvalue weighted by atomic mass is 9.92. The van der Waals surface area contributed by atoms with E-state index in [1.54, 1.807) is 0 Å². The van der Waals surface area contributed by atoms with Gasteiger partial charge in [-0.25, -0.2) is 4.98 Å². The predicted octanol–water partition coefficient (Wildman–Crippen LogP) is 3.15. The van der Waals surface area contributed by atoms with Gasteiger partial charge in [-0.2, -0.15) is 5.26 Å². The van der Waals surface area contributed by atoms with Gasteiger partial charge in [-0.15, -0.1) is 0 Å². The summed E-state index contributed by atoms with van der Waals surface area (Å²) < 4.78 is 2.32. The Balaban J connectivity index is 1.81. The number of likely N-dealkylation sites (tertiary alicyclic amines) is 1. The van der Waals surface area contributed by atoms with E-state index in [1.165, 1.54) is 11.1 Å². The normalized spacial score (nSPS) is 20.9. The number of amides is 1. The molecule has 3 aromatic rings. The van der Waals surface area contributed by atoms with E-state index in [0.717, 1.165) is 29.4 Å². The molecule has 1 amide bonds. The quantitative estimate of drug-likeness (QED) is 0.781. The van der Waals surface area contributed by atoms with Crippen LogP contribution in [0.1, 0.15) is 31.4 Å². The Bertz CT molecular complexity index is 992. The third kappa shape index (κ3) is 2.47. The minimum absolute atomic E-state index is 0.0431. The Morgan fingerprint density at radius 1 is 1.48 bits per heavy atom. The van der Waals surface area contributed by atoms with Crippen LogP contribution in [-0.2, 0) is 4.79 Å². The van der Waals surface area contributed by atoms with Crippen LogP contribution in [0.4, 0.5) is 0 Å². The highest BCUT2D eigenvalue weighted by Gasteiger charge is 2.31. The summed E-state index contributed by atoms with van der Waals surface area (Å²) in [6.07, 6.45) is 6.92. The van der Waals surface area contributed by atoms with Gasteiger partial charge in [0, 0.05) is 42.5 Å². The van der Waals surface area contributed by atoms with Gasteiger partial charge in [-0.3, -0.25) is 4.79 Å². The number of aryl methyl sites for hydroxylation is 1. The summed E-state index contributed by atoms with van der Waals surface area (Å²) in [4.78, 5) is 21.7. The number of nitrogens with zero attached hydrogens (tertiary/aromatic N) is 4. The van der Waals surface area contributed by atoms with Gasteiger partial charge >= 0.3 is 0 Å². The first-order valence-corrected chi connectivity index (χ1v) is 8.68. The number of piperidine rings is 1. The van der Waals surface area contributed by atoms with Gasteiger partial charge < -0.3 is 14.5 Å². The molecule has 1 saturated heterocycles. The van der Waals surface area contributed by atoms with Crippen LogP contribution in [0.2, 0.25) is 0 Å². The van der Waals surface area contributed by atoms with Crippen molar-refractivity contribution in [1.29, 1.82) is 5.26 Å². The van der Waals surface area contributed by atoms with Crippen LogP contribution < -0.4 is 0 Å². The molecule has 2 atom stereocenters. The van der Waals surface area contributed by atoms with E-state index < -0.39 is 0 Å². The van der Waals surface area contributed by atoms with Gasteiger partial charge in [0.05, 0.1) is 17.6 Å². The smallest absolute Gasteiger partial charge is 0.236 e. The number of nitrogens with one attached hydrogen (secondary N) is 1. The molecule has 0 saturated carbocycles. The molecule has 1 aliphatic heterocycles. The highest BCUT2D eigenvalue weighted by molar-refractivity contribution is 6.04. The number of rotatable bonds is 2. The van der Waals surface area contributed by atoms with E-state index in [0.29, 0.717) is 12.5 Å². The Labute approximate surface area is 146 Å². The molecule has 6 heteroatoms. The van der Waals surface area contributed by atoms with Crippen molar-refractivity contribution in [3.05, 3.63) is 30.2 Å². The van der Waals surface area contributed by atoms with E-state index in [1.807, 2.05) is 23.4 Å². The monoisotopic (exact) mass is 335 g/mol. The summed E-state index contributed by atoms with van der Waals surface area (Å²) in [5, 5.41) is 11.1. The Morgan fingerprint density at radius 3 is 3.12 bits per heavy atom. The van der Waals surface area contributed by atoms with Gasteiger partial charge in [-0.05, 0) is 30.9 Å². The number of aromatic nitrogens is 3. The first-order valence-electron chi connectivity index (χ1n) is 8.68. The summed E-state index contributed by atoms with van der Waals surface area (Å²) in [6, 6.07) is 4.24. The lowest BCUT2D eigenvalue weighted by molar-refractivity contribution is -0.132. The second-order valence-corrected chi connectivity index (χ2v) is 6.99. The highest BCUT2D eigenvalue weighted by atomic mass is 16.2. The van der Waals surface area contributed by atoms with Crippen LogP contribution in [0, 0.1) is 24.2 Å². The van der Waals surface area contributed by atoms with Crippen molar-refractivity contribution in [2.24, 2.45) is 5.92 Å². The summed E-state index contributed by atoms with van der Waals surface area (Å²) >= 11 is 0. The maximum absolute atomic E-state index is 12.2. The van der Waals surface area contributed by atoms with Gasteiger partial charge in [-0.1, -0.05) is 6.92 Å². The molecular formula is C19H21N5O. The highest BCUT2D eigenvalue weighted by Crippen LogP contribution is 2.35. The molecule has 1 N–H and O–H groups in total. The largest absolute Gasteiger partial charge is 0.346 e. The van der Waals surface area contributed by atoms with Gasteiger partial charge in [0.25, 0.3) is 0 Å². The van der Waals surface area contributed by atoms with E-state index in [2.05, 4.69) is 40.6 Å². The Hall–Kier alpha value is -2.81. The number of pyridine rings is 1. The average molecular weight is 335 g/mol. The second kappa shape index (κ2) is 5.92. The zero-order chi connectivity index (χ0) is 17.6. The van der Waals surface area contributed by atoms with Crippen molar-refractivity contribution in [3.63, 3.8) is 0 Å². The molecule has 0 spiro atoms. The number of carbonyl (C=O) groups is 1.